The molecule has 1 aromatic carbocycles. The Hall–Kier alpha value is -1.87. The number of hydrogen-bond acceptors (Lipinski definition) is 5. The molecule has 1 aromatic heterocycles. The molecular formula is C20H23Cl2N3O4S. The second-order valence-corrected chi connectivity index (χ2v) is 10.6. The molecule has 1 unspecified atom stereocenters. The molecule has 162 valence electrons. The maximum Gasteiger partial charge on any atom is 0.274 e. The first-order valence-corrected chi connectivity index (χ1v) is 11.6. The van der Waals surface area contributed by atoms with Crippen LogP contribution >= 0.6 is 23.2 Å². The van der Waals surface area contributed by atoms with Gasteiger partial charge in [-0.2, -0.15) is 0 Å². The van der Waals surface area contributed by atoms with Crippen LogP contribution in [0.25, 0.3) is 0 Å². The van der Waals surface area contributed by atoms with Gasteiger partial charge >= 0.3 is 0 Å². The van der Waals surface area contributed by atoms with Crippen LogP contribution in [0.3, 0.4) is 0 Å². The number of nitrogens with one attached hydrogen (secondary N) is 1. The van der Waals surface area contributed by atoms with Crippen LogP contribution in [-0.2, 0) is 10.0 Å². The van der Waals surface area contributed by atoms with E-state index in [0.717, 1.165) is 0 Å². The van der Waals surface area contributed by atoms with Gasteiger partial charge in [0.05, 0.1) is 21.7 Å². The zero-order valence-corrected chi connectivity index (χ0v) is 19.1. The number of amides is 1. The summed E-state index contributed by atoms with van der Waals surface area (Å²) in [5.41, 5.74) is 0.0555. The van der Waals surface area contributed by atoms with E-state index < -0.39 is 27.4 Å². The Balaban J connectivity index is 1.94. The summed E-state index contributed by atoms with van der Waals surface area (Å²) in [6, 6.07) is 5.67. The molecule has 2 aromatic rings. The van der Waals surface area contributed by atoms with Gasteiger partial charge in [0.25, 0.3) is 15.9 Å². The first kappa shape index (κ1) is 22.8. The molecule has 1 amide bonds. The molecule has 1 aliphatic heterocycles. The van der Waals surface area contributed by atoms with Crippen LogP contribution in [0.5, 0.6) is 0 Å². The standard InChI is InChI=1S/C20H23Cl2N3O4S/c1-12-8-14(4-5-15(12)22)30(28,29)24-16-9-13(21)10-23-18(16)19(27)25-7-6-17(26)20(2,3)11-25/h4-5,8-10,17,24,26H,6-7,11H2,1-3H3. The van der Waals surface area contributed by atoms with Gasteiger partial charge in [0.2, 0.25) is 0 Å². The highest BCUT2D eigenvalue weighted by Crippen LogP contribution is 2.31. The third-order valence-electron chi connectivity index (χ3n) is 5.20. The van der Waals surface area contributed by atoms with Gasteiger partial charge in [0, 0.05) is 29.7 Å². The van der Waals surface area contributed by atoms with E-state index >= 15 is 0 Å². The van der Waals surface area contributed by atoms with Crippen LogP contribution in [0.4, 0.5) is 5.69 Å². The van der Waals surface area contributed by atoms with E-state index in [2.05, 4.69) is 9.71 Å². The van der Waals surface area contributed by atoms with E-state index in [1.165, 1.54) is 30.5 Å². The summed E-state index contributed by atoms with van der Waals surface area (Å²) in [6.07, 6.45) is 1.20. The van der Waals surface area contributed by atoms with Gasteiger partial charge in [-0.15, -0.1) is 0 Å². The van der Waals surface area contributed by atoms with Crippen molar-refractivity contribution < 1.29 is 18.3 Å². The number of aromatic nitrogens is 1. The first-order chi connectivity index (χ1) is 13.9. The number of sulfonamides is 1. The van der Waals surface area contributed by atoms with Crippen molar-refractivity contribution in [3.05, 3.63) is 51.8 Å². The summed E-state index contributed by atoms with van der Waals surface area (Å²) < 4.78 is 28.2. The number of carbonyl (C=O) groups excluding carboxylic acids is 1. The van der Waals surface area contributed by atoms with Crippen LogP contribution in [-0.4, -0.2) is 48.5 Å². The minimum absolute atomic E-state index is 0.00463. The van der Waals surface area contributed by atoms with Crippen molar-refractivity contribution in [2.24, 2.45) is 5.41 Å². The lowest BCUT2D eigenvalue weighted by Gasteiger charge is -2.41. The Morgan fingerprint density at radius 1 is 1.30 bits per heavy atom. The number of benzene rings is 1. The van der Waals surface area contributed by atoms with Crippen LogP contribution in [0.15, 0.2) is 35.4 Å². The molecule has 0 radical (unpaired) electrons. The van der Waals surface area contributed by atoms with Crippen LogP contribution in [0.1, 0.15) is 36.3 Å². The Kier molecular flexibility index (Phi) is 6.34. The molecule has 2 N–H and O–H groups in total. The molecule has 1 saturated heterocycles. The summed E-state index contributed by atoms with van der Waals surface area (Å²) in [7, 11) is -4.01. The quantitative estimate of drug-likeness (QED) is 0.707. The van der Waals surface area contributed by atoms with Gasteiger partial charge in [-0.1, -0.05) is 37.0 Å². The average Bonchev–Trinajstić information content (AvgIpc) is 2.65. The van der Waals surface area contributed by atoms with Gasteiger partial charge in [-0.05, 0) is 43.2 Å². The lowest BCUT2D eigenvalue weighted by atomic mass is 9.81. The van der Waals surface area contributed by atoms with Gasteiger partial charge < -0.3 is 10.0 Å². The van der Waals surface area contributed by atoms with Gasteiger partial charge in [0.1, 0.15) is 0 Å². The maximum absolute atomic E-state index is 13.1. The molecule has 1 aliphatic rings. The number of likely N-dealkylation sites (tertiary alicyclic amines) is 1. The molecule has 1 atom stereocenters. The fourth-order valence-corrected chi connectivity index (χ4v) is 4.76. The number of anilines is 1. The fourth-order valence-electron chi connectivity index (χ4n) is 3.34. The predicted molar refractivity (Wildman–Crippen MR) is 117 cm³/mol. The average molecular weight is 472 g/mol. The largest absolute Gasteiger partial charge is 0.392 e. The number of piperidine rings is 1. The van der Waals surface area contributed by atoms with Crippen molar-refractivity contribution >= 4 is 44.8 Å². The lowest BCUT2D eigenvalue weighted by molar-refractivity contribution is -0.0183. The highest BCUT2D eigenvalue weighted by atomic mass is 35.5. The van der Waals surface area contributed by atoms with E-state index in [1.807, 2.05) is 13.8 Å². The Morgan fingerprint density at radius 2 is 2.00 bits per heavy atom. The van der Waals surface area contributed by atoms with Gasteiger partial charge in [-0.3, -0.25) is 9.52 Å². The molecule has 0 spiro atoms. The number of carbonyl (C=O) groups is 1. The van der Waals surface area contributed by atoms with Crippen molar-refractivity contribution in [3.63, 3.8) is 0 Å². The molecule has 0 aliphatic carbocycles. The van der Waals surface area contributed by atoms with E-state index in [1.54, 1.807) is 11.8 Å². The van der Waals surface area contributed by atoms with Crippen LogP contribution in [0.2, 0.25) is 10.0 Å². The van der Waals surface area contributed by atoms with Crippen LogP contribution < -0.4 is 4.72 Å². The van der Waals surface area contributed by atoms with E-state index in [-0.39, 0.29) is 21.3 Å². The number of pyridine rings is 1. The number of rotatable bonds is 4. The monoisotopic (exact) mass is 471 g/mol. The number of nitrogens with zero attached hydrogens (tertiary/aromatic N) is 2. The molecule has 7 nitrogen and oxygen atoms in total. The molecule has 3 rings (SSSR count). The summed E-state index contributed by atoms with van der Waals surface area (Å²) in [5, 5.41) is 10.8. The molecule has 30 heavy (non-hydrogen) atoms. The third kappa shape index (κ3) is 4.72. The normalized spacial score (nSPS) is 18.9. The highest BCUT2D eigenvalue weighted by molar-refractivity contribution is 7.92. The first-order valence-electron chi connectivity index (χ1n) is 9.32. The third-order valence-corrected chi connectivity index (χ3v) is 7.20. The predicted octanol–water partition coefficient (Wildman–Crippen LogP) is 3.73. The highest BCUT2D eigenvalue weighted by Gasteiger charge is 2.37. The van der Waals surface area contributed by atoms with E-state index in [4.69, 9.17) is 23.2 Å². The Morgan fingerprint density at radius 3 is 2.63 bits per heavy atom. The Bertz CT molecular complexity index is 1090. The molecule has 1 fully saturated rings. The SMILES string of the molecule is Cc1cc(S(=O)(=O)Nc2cc(Cl)cnc2C(=O)N2CCC(O)C(C)(C)C2)ccc1Cl. The van der Waals surface area contributed by atoms with Crippen molar-refractivity contribution in [3.8, 4) is 0 Å². The number of aliphatic hydroxyl groups excluding tert-OH is 1. The molecule has 0 bridgehead atoms. The van der Waals surface area contributed by atoms with Crippen molar-refractivity contribution in [1.29, 1.82) is 0 Å². The fraction of sp³-hybridized carbons (Fsp3) is 0.400. The summed E-state index contributed by atoms with van der Waals surface area (Å²) in [6.45, 7) is 6.11. The summed E-state index contributed by atoms with van der Waals surface area (Å²) >= 11 is 12.0. The zero-order valence-electron chi connectivity index (χ0n) is 16.8. The lowest BCUT2D eigenvalue weighted by Crippen LogP contribution is -2.50. The second kappa shape index (κ2) is 8.34. The smallest absolute Gasteiger partial charge is 0.274 e. The van der Waals surface area contributed by atoms with Gasteiger partial charge in [0.15, 0.2) is 5.69 Å². The summed E-state index contributed by atoms with van der Waals surface area (Å²) in [5.74, 6) is -0.434. The number of hydrogen-bond donors (Lipinski definition) is 2. The number of aliphatic hydroxyl groups is 1. The van der Waals surface area contributed by atoms with E-state index in [9.17, 15) is 18.3 Å². The molecule has 2 heterocycles. The second-order valence-electron chi connectivity index (χ2n) is 8.09. The van der Waals surface area contributed by atoms with Crippen molar-refractivity contribution in [1.82, 2.24) is 9.88 Å². The number of aryl methyl sites for hydroxylation is 1. The maximum atomic E-state index is 13.1. The van der Waals surface area contributed by atoms with Gasteiger partial charge in [-0.25, -0.2) is 13.4 Å². The topological polar surface area (TPSA) is 99.6 Å². The van der Waals surface area contributed by atoms with Crippen LogP contribution in [0, 0.1) is 12.3 Å². The molecular weight excluding hydrogens is 449 g/mol. The minimum Gasteiger partial charge on any atom is -0.392 e. The van der Waals surface area contributed by atoms with Crippen molar-refractivity contribution in [2.45, 2.75) is 38.2 Å². The summed E-state index contributed by atoms with van der Waals surface area (Å²) in [4.78, 5) is 18.8. The number of halogens is 2. The van der Waals surface area contributed by atoms with Crippen molar-refractivity contribution in [2.75, 3.05) is 17.8 Å². The molecule has 10 heteroatoms. The Labute approximate surface area is 186 Å². The zero-order chi connectivity index (χ0) is 22.3. The van der Waals surface area contributed by atoms with E-state index in [0.29, 0.717) is 30.1 Å². The molecule has 0 saturated carbocycles. The minimum atomic E-state index is -4.01.